The van der Waals surface area contributed by atoms with Crippen LogP contribution in [0.25, 0.3) is 0 Å². The van der Waals surface area contributed by atoms with Crippen molar-refractivity contribution in [1.82, 2.24) is 4.90 Å². The van der Waals surface area contributed by atoms with Crippen LogP contribution in [0.3, 0.4) is 0 Å². The Morgan fingerprint density at radius 1 is 1.16 bits per heavy atom. The highest BCUT2D eigenvalue weighted by molar-refractivity contribution is 6.33. The van der Waals surface area contributed by atoms with Gasteiger partial charge in [0.1, 0.15) is 0 Å². The van der Waals surface area contributed by atoms with E-state index < -0.39 is 0 Å². The van der Waals surface area contributed by atoms with E-state index in [1.54, 1.807) is 6.07 Å². The Morgan fingerprint density at radius 3 is 2.56 bits per heavy atom. The number of benzene rings is 2. The second-order valence-electron chi connectivity index (χ2n) is 6.64. The molecule has 1 aliphatic heterocycles. The molecule has 0 aromatic heterocycles. The molecule has 1 atom stereocenters. The molecule has 1 amide bonds. The van der Waals surface area contributed by atoms with Gasteiger partial charge in [0.15, 0.2) is 0 Å². The largest absolute Gasteiger partial charge is 0.366 e. The molecule has 0 bridgehead atoms. The van der Waals surface area contributed by atoms with Gasteiger partial charge in [0.25, 0.3) is 0 Å². The maximum atomic E-state index is 12.3. The molecule has 2 aromatic rings. The third kappa shape index (κ3) is 4.53. The van der Waals surface area contributed by atoms with Gasteiger partial charge in [0.2, 0.25) is 5.91 Å². The quantitative estimate of drug-likeness (QED) is 0.904. The summed E-state index contributed by atoms with van der Waals surface area (Å²) in [6.07, 6.45) is 0. The summed E-state index contributed by atoms with van der Waals surface area (Å²) in [5.41, 5.74) is 3.19. The minimum Gasteiger partial charge on any atom is -0.366 e. The van der Waals surface area contributed by atoms with Crippen molar-refractivity contribution in [3.05, 3.63) is 59.1 Å². The first-order chi connectivity index (χ1) is 12.0. The van der Waals surface area contributed by atoms with E-state index in [1.807, 2.05) is 18.2 Å². The molecule has 2 aromatic carbocycles. The molecule has 25 heavy (non-hydrogen) atoms. The number of nitrogens with zero attached hydrogens (tertiary/aromatic N) is 2. The highest BCUT2D eigenvalue weighted by Crippen LogP contribution is 2.22. The number of amides is 1. The number of carbonyl (C=O) groups is 1. The lowest BCUT2D eigenvalue weighted by molar-refractivity contribution is -0.117. The Labute approximate surface area is 154 Å². The van der Waals surface area contributed by atoms with Crippen molar-refractivity contribution in [2.45, 2.75) is 19.9 Å². The van der Waals surface area contributed by atoms with Gasteiger partial charge in [0, 0.05) is 31.4 Å². The Balaban J connectivity index is 1.55. The van der Waals surface area contributed by atoms with Crippen LogP contribution in [0.5, 0.6) is 0 Å². The predicted molar refractivity (Wildman–Crippen MR) is 105 cm³/mol. The normalized spacial score (nSPS) is 18.2. The molecule has 1 unspecified atom stereocenters. The molecule has 132 valence electrons. The van der Waals surface area contributed by atoms with Gasteiger partial charge in [-0.25, -0.2) is 0 Å². The smallest absolute Gasteiger partial charge is 0.238 e. The molecule has 0 radical (unpaired) electrons. The zero-order valence-electron chi connectivity index (χ0n) is 14.7. The van der Waals surface area contributed by atoms with Crippen LogP contribution in [0.4, 0.5) is 11.4 Å². The van der Waals surface area contributed by atoms with Gasteiger partial charge in [-0.05, 0) is 38.1 Å². The molecule has 0 saturated carbocycles. The number of aryl methyl sites for hydroxylation is 1. The number of carbonyl (C=O) groups excluding carboxylic acids is 1. The van der Waals surface area contributed by atoms with E-state index in [1.165, 1.54) is 11.3 Å². The number of anilines is 2. The van der Waals surface area contributed by atoms with E-state index in [0.29, 0.717) is 23.3 Å². The van der Waals surface area contributed by atoms with Crippen molar-refractivity contribution >= 4 is 28.9 Å². The van der Waals surface area contributed by atoms with Crippen LogP contribution >= 0.6 is 11.6 Å². The van der Waals surface area contributed by atoms with E-state index in [0.717, 1.165) is 19.6 Å². The number of para-hydroxylation sites is 1. The number of halogens is 1. The lowest BCUT2D eigenvalue weighted by atomic mass is 10.1. The molecule has 5 heteroatoms. The zero-order chi connectivity index (χ0) is 17.8. The van der Waals surface area contributed by atoms with Gasteiger partial charge in [-0.2, -0.15) is 0 Å². The van der Waals surface area contributed by atoms with Gasteiger partial charge < -0.3 is 10.2 Å². The predicted octanol–water partition coefficient (Wildman–Crippen LogP) is 3.80. The summed E-state index contributed by atoms with van der Waals surface area (Å²) in [5, 5.41) is 3.46. The number of hydrogen-bond donors (Lipinski definition) is 1. The Bertz CT molecular complexity index is 732. The van der Waals surface area contributed by atoms with Gasteiger partial charge in [-0.15, -0.1) is 0 Å². The third-order valence-electron chi connectivity index (χ3n) is 4.59. The first-order valence-corrected chi connectivity index (χ1v) is 9.01. The summed E-state index contributed by atoms with van der Waals surface area (Å²) in [5.74, 6) is -0.0240. The molecule has 0 aliphatic carbocycles. The zero-order valence-corrected chi connectivity index (χ0v) is 15.5. The fourth-order valence-electron chi connectivity index (χ4n) is 3.25. The molecule has 0 spiro atoms. The lowest BCUT2D eigenvalue weighted by Gasteiger charge is -2.41. The van der Waals surface area contributed by atoms with Crippen molar-refractivity contribution < 1.29 is 4.79 Å². The highest BCUT2D eigenvalue weighted by Gasteiger charge is 2.25. The second kappa shape index (κ2) is 7.89. The van der Waals surface area contributed by atoms with Gasteiger partial charge in [-0.3, -0.25) is 9.69 Å². The molecular formula is C20H24ClN3O. The van der Waals surface area contributed by atoms with E-state index in [-0.39, 0.29) is 5.91 Å². The standard InChI is InChI=1S/C20H24ClN3O/c1-15-7-9-17(10-8-15)24-12-11-23(13-16(24)2)14-20(25)22-19-6-4-3-5-18(19)21/h3-10,16H,11-14H2,1-2H3,(H,22,25). The summed E-state index contributed by atoms with van der Waals surface area (Å²) in [7, 11) is 0. The molecular weight excluding hydrogens is 334 g/mol. The van der Waals surface area contributed by atoms with E-state index in [2.05, 4.69) is 53.2 Å². The fourth-order valence-corrected chi connectivity index (χ4v) is 3.43. The molecule has 1 heterocycles. The topological polar surface area (TPSA) is 35.6 Å². The Hall–Kier alpha value is -2.04. The van der Waals surface area contributed by atoms with Crippen molar-refractivity contribution in [2.75, 3.05) is 36.4 Å². The fraction of sp³-hybridized carbons (Fsp3) is 0.350. The van der Waals surface area contributed by atoms with Crippen molar-refractivity contribution in [1.29, 1.82) is 0 Å². The van der Waals surface area contributed by atoms with Crippen LogP contribution in [-0.4, -0.2) is 43.0 Å². The van der Waals surface area contributed by atoms with Crippen molar-refractivity contribution in [2.24, 2.45) is 0 Å². The van der Waals surface area contributed by atoms with Crippen LogP contribution in [0, 0.1) is 6.92 Å². The van der Waals surface area contributed by atoms with E-state index in [4.69, 9.17) is 11.6 Å². The molecule has 1 N–H and O–H groups in total. The minimum absolute atomic E-state index is 0.0240. The van der Waals surface area contributed by atoms with Crippen molar-refractivity contribution in [3.8, 4) is 0 Å². The summed E-state index contributed by atoms with van der Waals surface area (Å²) in [6, 6.07) is 16.3. The van der Waals surface area contributed by atoms with E-state index >= 15 is 0 Å². The number of hydrogen-bond acceptors (Lipinski definition) is 3. The van der Waals surface area contributed by atoms with Gasteiger partial charge in [0.05, 0.1) is 17.3 Å². The molecule has 3 rings (SSSR count). The maximum Gasteiger partial charge on any atom is 0.238 e. The minimum atomic E-state index is -0.0240. The van der Waals surface area contributed by atoms with Crippen LogP contribution in [0.2, 0.25) is 5.02 Å². The maximum absolute atomic E-state index is 12.3. The van der Waals surface area contributed by atoms with Crippen LogP contribution in [0.1, 0.15) is 12.5 Å². The van der Waals surface area contributed by atoms with Gasteiger partial charge in [-0.1, -0.05) is 41.4 Å². The molecule has 1 saturated heterocycles. The first-order valence-electron chi connectivity index (χ1n) is 8.63. The first kappa shape index (κ1) is 17.8. The Morgan fingerprint density at radius 2 is 1.88 bits per heavy atom. The molecule has 1 fully saturated rings. The number of piperazine rings is 1. The SMILES string of the molecule is Cc1ccc(N2CCN(CC(=O)Nc3ccccc3Cl)CC2C)cc1. The monoisotopic (exact) mass is 357 g/mol. The summed E-state index contributed by atoms with van der Waals surface area (Å²) in [6.45, 7) is 7.35. The Kier molecular flexibility index (Phi) is 5.61. The number of rotatable bonds is 4. The van der Waals surface area contributed by atoms with Crippen LogP contribution in [-0.2, 0) is 4.79 Å². The third-order valence-corrected chi connectivity index (χ3v) is 4.92. The average molecular weight is 358 g/mol. The van der Waals surface area contributed by atoms with Crippen molar-refractivity contribution in [3.63, 3.8) is 0 Å². The van der Waals surface area contributed by atoms with Crippen LogP contribution in [0.15, 0.2) is 48.5 Å². The van der Waals surface area contributed by atoms with Gasteiger partial charge >= 0.3 is 0 Å². The van der Waals surface area contributed by atoms with Crippen LogP contribution < -0.4 is 10.2 Å². The second-order valence-corrected chi connectivity index (χ2v) is 7.05. The highest BCUT2D eigenvalue weighted by atomic mass is 35.5. The molecule has 4 nitrogen and oxygen atoms in total. The lowest BCUT2D eigenvalue weighted by Crippen LogP contribution is -2.53. The summed E-state index contributed by atoms with van der Waals surface area (Å²) < 4.78 is 0. The average Bonchev–Trinajstić information content (AvgIpc) is 2.58. The summed E-state index contributed by atoms with van der Waals surface area (Å²) >= 11 is 6.10. The molecule has 1 aliphatic rings. The summed E-state index contributed by atoms with van der Waals surface area (Å²) in [4.78, 5) is 16.9. The van der Waals surface area contributed by atoms with E-state index in [9.17, 15) is 4.79 Å². The number of nitrogens with one attached hydrogen (secondary N) is 1.